The van der Waals surface area contributed by atoms with Gasteiger partial charge in [0.15, 0.2) is 11.5 Å². The van der Waals surface area contributed by atoms with Crippen LogP contribution in [0.25, 0.3) is 0 Å². The molecule has 1 saturated heterocycles. The number of amides is 1. The van der Waals surface area contributed by atoms with Gasteiger partial charge in [-0.2, -0.15) is 0 Å². The van der Waals surface area contributed by atoms with Crippen molar-refractivity contribution in [2.24, 2.45) is 0 Å². The van der Waals surface area contributed by atoms with E-state index in [0.29, 0.717) is 0 Å². The van der Waals surface area contributed by atoms with Crippen molar-refractivity contribution in [2.75, 3.05) is 18.4 Å². The molecule has 0 bridgehead atoms. The highest BCUT2D eigenvalue weighted by Gasteiger charge is 2.44. The number of piperidine rings is 1. The molecular weight excluding hydrogens is 316 g/mol. The van der Waals surface area contributed by atoms with Crippen molar-refractivity contribution in [3.05, 3.63) is 18.2 Å². The number of ether oxygens (including phenoxy) is 2. The Kier molecular flexibility index (Phi) is 4.59. The second kappa shape index (κ2) is 6.87. The Morgan fingerprint density at radius 2 is 2.00 bits per heavy atom. The summed E-state index contributed by atoms with van der Waals surface area (Å²) < 4.78 is 12.1. The summed E-state index contributed by atoms with van der Waals surface area (Å²) in [5.41, 5.74) is 0.796. The number of fused-ring (bicyclic) bond motifs is 1. The second-order valence-electron chi connectivity index (χ2n) is 7.52. The van der Waals surface area contributed by atoms with Gasteiger partial charge in [-0.15, -0.1) is 0 Å². The van der Waals surface area contributed by atoms with Crippen LogP contribution in [0.3, 0.4) is 0 Å². The second-order valence-corrected chi connectivity index (χ2v) is 7.52. The first kappa shape index (κ1) is 16.7. The average Bonchev–Trinajstić information content (AvgIpc) is 3.21. The number of hydrogen-bond donors (Lipinski definition) is 1. The smallest absolute Gasteiger partial charge is 0.251 e. The lowest BCUT2D eigenvalue weighted by atomic mass is 10.0. The van der Waals surface area contributed by atoms with Crippen LogP contribution in [0.1, 0.15) is 58.3 Å². The van der Waals surface area contributed by atoms with Crippen LogP contribution in [0.15, 0.2) is 18.2 Å². The number of rotatable bonds is 4. The SMILES string of the molecule is CCCN1CCCC[C@H]1C(=O)Nc1ccc2c(c1)OC1(CCCC1)O2. The summed E-state index contributed by atoms with van der Waals surface area (Å²) in [5, 5.41) is 3.09. The lowest BCUT2D eigenvalue weighted by Gasteiger charge is -2.34. The fourth-order valence-electron chi connectivity index (χ4n) is 4.36. The Balaban J connectivity index is 1.44. The molecule has 3 aliphatic rings. The fraction of sp³-hybridized carbons (Fsp3) is 0.650. The number of benzene rings is 1. The molecule has 0 unspecified atom stereocenters. The summed E-state index contributed by atoms with van der Waals surface area (Å²) in [4.78, 5) is 15.1. The van der Waals surface area contributed by atoms with Gasteiger partial charge in [0.25, 0.3) is 5.79 Å². The van der Waals surface area contributed by atoms with Gasteiger partial charge in [0, 0.05) is 24.6 Å². The maximum absolute atomic E-state index is 12.8. The lowest BCUT2D eigenvalue weighted by molar-refractivity contribution is -0.122. The standard InChI is InChI=1S/C20H28N2O3/c1-2-12-22-13-6-3-7-16(22)19(23)21-15-8-9-17-18(14-15)25-20(24-17)10-4-5-11-20/h8-9,14,16H,2-7,10-13H2,1H3,(H,21,23)/t16-/m0/s1. The number of carbonyl (C=O) groups excluding carboxylic acids is 1. The highest BCUT2D eigenvalue weighted by Crippen LogP contribution is 2.47. The molecule has 1 spiro atoms. The first-order chi connectivity index (χ1) is 12.2. The van der Waals surface area contributed by atoms with Gasteiger partial charge in [-0.25, -0.2) is 0 Å². The third kappa shape index (κ3) is 3.34. The predicted molar refractivity (Wildman–Crippen MR) is 97.0 cm³/mol. The van der Waals surface area contributed by atoms with Crippen LogP contribution in [-0.4, -0.2) is 35.7 Å². The topological polar surface area (TPSA) is 50.8 Å². The van der Waals surface area contributed by atoms with Crippen LogP contribution in [0, 0.1) is 0 Å². The molecule has 0 aromatic heterocycles. The van der Waals surface area contributed by atoms with Crippen LogP contribution >= 0.6 is 0 Å². The van der Waals surface area contributed by atoms with Crippen LogP contribution in [-0.2, 0) is 4.79 Å². The highest BCUT2D eigenvalue weighted by atomic mass is 16.7. The Hall–Kier alpha value is -1.75. The molecule has 1 N–H and O–H groups in total. The Morgan fingerprint density at radius 3 is 2.80 bits per heavy atom. The van der Waals surface area contributed by atoms with Crippen molar-refractivity contribution in [3.63, 3.8) is 0 Å². The predicted octanol–water partition coefficient (Wildman–Crippen LogP) is 3.93. The molecule has 1 aromatic carbocycles. The van der Waals surface area contributed by atoms with E-state index in [4.69, 9.17) is 9.47 Å². The zero-order valence-electron chi connectivity index (χ0n) is 15.1. The van der Waals surface area contributed by atoms with Crippen molar-refractivity contribution in [1.29, 1.82) is 0 Å². The van der Waals surface area contributed by atoms with Crippen molar-refractivity contribution in [2.45, 2.75) is 70.1 Å². The van der Waals surface area contributed by atoms with Crippen LogP contribution < -0.4 is 14.8 Å². The number of hydrogen-bond acceptors (Lipinski definition) is 4. The number of nitrogens with zero attached hydrogens (tertiary/aromatic N) is 1. The monoisotopic (exact) mass is 344 g/mol. The molecule has 0 radical (unpaired) electrons. The maximum atomic E-state index is 12.8. The zero-order chi connectivity index (χ0) is 17.3. The van der Waals surface area contributed by atoms with E-state index >= 15 is 0 Å². The van der Waals surface area contributed by atoms with Crippen molar-refractivity contribution in [1.82, 2.24) is 4.90 Å². The highest BCUT2D eigenvalue weighted by molar-refractivity contribution is 5.95. The van der Waals surface area contributed by atoms with Crippen molar-refractivity contribution in [3.8, 4) is 11.5 Å². The summed E-state index contributed by atoms with van der Waals surface area (Å²) in [6.45, 7) is 4.18. The van der Waals surface area contributed by atoms with Gasteiger partial charge in [-0.3, -0.25) is 9.69 Å². The van der Waals surface area contributed by atoms with E-state index in [1.54, 1.807) is 0 Å². The molecular formula is C20H28N2O3. The van der Waals surface area contributed by atoms with Gasteiger partial charge in [-0.05, 0) is 57.3 Å². The van der Waals surface area contributed by atoms with Crippen molar-refractivity contribution < 1.29 is 14.3 Å². The van der Waals surface area contributed by atoms with Gasteiger partial charge in [0.1, 0.15) is 0 Å². The minimum atomic E-state index is -0.452. The molecule has 5 heteroatoms. The summed E-state index contributed by atoms with van der Waals surface area (Å²) in [5.74, 6) is 1.20. The third-order valence-corrected chi connectivity index (χ3v) is 5.60. The zero-order valence-corrected chi connectivity index (χ0v) is 15.1. The molecule has 5 nitrogen and oxygen atoms in total. The minimum Gasteiger partial charge on any atom is -0.448 e. The normalized spacial score (nSPS) is 24.6. The molecule has 136 valence electrons. The number of carbonyl (C=O) groups is 1. The molecule has 4 rings (SSSR count). The molecule has 1 aliphatic carbocycles. The number of anilines is 1. The van der Waals surface area contributed by atoms with Gasteiger partial charge in [0.05, 0.1) is 6.04 Å². The van der Waals surface area contributed by atoms with Crippen LogP contribution in [0.2, 0.25) is 0 Å². The molecule has 1 amide bonds. The third-order valence-electron chi connectivity index (χ3n) is 5.60. The average molecular weight is 344 g/mol. The quantitative estimate of drug-likeness (QED) is 0.899. The Bertz CT molecular complexity index is 638. The van der Waals surface area contributed by atoms with E-state index < -0.39 is 5.79 Å². The van der Waals surface area contributed by atoms with Crippen molar-refractivity contribution >= 4 is 11.6 Å². The summed E-state index contributed by atoms with van der Waals surface area (Å²) in [6, 6.07) is 5.73. The van der Waals surface area contributed by atoms with E-state index in [0.717, 1.165) is 75.2 Å². The molecule has 25 heavy (non-hydrogen) atoms. The van der Waals surface area contributed by atoms with Gasteiger partial charge in [0.2, 0.25) is 5.91 Å². The summed E-state index contributed by atoms with van der Waals surface area (Å²) >= 11 is 0. The maximum Gasteiger partial charge on any atom is 0.251 e. The Labute approximate surface area is 149 Å². The molecule has 1 aromatic rings. The molecule has 2 heterocycles. The number of nitrogens with one attached hydrogen (secondary N) is 1. The molecule has 1 atom stereocenters. The van der Waals surface area contributed by atoms with E-state index in [1.807, 2.05) is 18.2 Å². The van der Waals surface area contributed by atoms with Gasteiger partial charge in [-0.1, -0.05) is 13.3 Å². The van der Waals surface area contributed by atoms with Crippen LogP contribution in [0.4, 0.5) is 5.69 Å². The van der Waals surface area contributed by atoms with E-state index in [-0.39, 0.29) is 11.9 Å². The Morgan fingerprint density at radius 1 is 1.20 bits per heavy atom. The van der Waals surface area contributed by atoms with E-state index in [2.05, 4.69) is 17.1 Å². The molecule has 2 fully saturated rings. The summed E-state index contributed by atoms with van der Waals surface area (Å²) in [6.07, 6.45) is 8.52. The summed E-state index contributed by atoms with van der Waals surface area (Å²) in [7, 11) is 0. The van der Waals surface area contributed by atoms with Crippen LogP contribution in [0.5, 0.6) is 11.5 Å². The largest absolute Gasteiger partial charge is 0.448 e. The van der Waals surface area contributed by atoms with Gasteiger partial charge >= 0.3 is 0 Å². The number of likely N-dealkylation sites (tertiary alicyclic amines) is 1. The van der Waals surface area contributed by atoms with Gasteiger partial charge < -0.3 is 14.8 Å². The first-order valence-electron chi connectivity index (χ1n) is 9.76. The lowest BCUT2D eigenvalue weighted by Crippen LogP contribution is -2.47. The molecule has 2 aliphatic heterocycles. The molecule has 1 saturated carbocycles. The van der Waals surface area contributed by atoms with E-state index in [1.165, 1.54) is 6.42 Å². The minimum absolute atomic E-state index is 0.0136. The fourth-order valence-corrected chi connectivity index (χ4v) is 4.36. The first-order valence-corrected chi connectivity index (χ1v) is 9.76. The van der Waals surface area contributed by atoms with E-state index in [9.17, 15) is 4.79 Å².